The van der Waals surface area contributed by atoms with Crippen LogP contribution in [0.25, 0.3) is 0 Å². The molecule has 0 aromatic heterocycles. The van der Waals surface area contributed by atoms with Crippen LogP contribution >= 0.6 is 23.4 Å². The van der Waals surface area contributed by atoms with Crippen LogP contribution in [0.1, 0.15) is 6.92 Å². The first-order valence-corrected chi connectivity index (χ1v) is 7.86. The molecule has 2 rings (SSSR count). The van der Waals surface area contributed by atoms with Crippen molar-refractivity contribution in [2.24, 2.45) is 0 Å². The van der Waals surface area contributed by atoms with E-state index < -0.39 is 5.97 Å². The van der Waals surface area contributed by atoms with Gasteiger partial charge in [-0.25, -0.2) is 0 Å². The Morgan fingerprint density at radius 3 is 2.59 bits per heavy atom. The minimum atomic E-state index is -0.401. The van der Waals surface area contributed by atoms with E-state index in [0.717, 1.165) is 4.90 Å². The first-order valence-electron chi connectivity index (χ1n) is 6.49. The van der Waals surface area contributed by atoms with Crippen molar-refractivity contribution in [3.8, 4) is 5.75 Å². The Kier molecular flexibility index (Phi) is 5.86. The molecule has 1 amide bonds. The van der Waals surface area contributed by atoms with E-state index in [1.807, 2.05) is 12.1 Å². The maximum atomic E-state index is 11.9. The molecule has 0 radical (unpaired) electrons. The molecule has 0 aliphatic heterocycles. The van der Waals surface area contributed by atoms with Gasteiger partial charge in [-0.3, -0.25) is 9.59 Å². The largest absolute Gasteiger partial charge is 0.427 e. The third-order valence-corrected chi connectivity index (χ3v) is 3.83. The topological polar surface area (TPSA) is 55.4 Å². The summed E-state index contributed by atoms with van der Waals surface area (Å²) in [5, 5.41) is 3.42. The summed E-state index contributed by atoms with van der Waals surface area (Å²) in [6.07, 6.45) is 0. The monoisotopic (exact) mass is 335 g/mol. The Balaban J connectivity index is 1.89. The van der Waals surface area contributed by atoms with Gasteiger partial charge in [0.2, 0.25) is 5.91 Å². The third kappa shape index (κ3) is 5.42. The van der Waals surface area contributed by atoms with Crippen LogP contribution in [0.15, 0.2) is 53.4 Å². The van der Waals surface area contributed by atoms with E-state index in [1.165, 1.54) is 18.7 Å². The van der Waals surface area contributed by atoms with Gasteiger partial charge in [0.15, 0.2) is 0 Å². The molecule has 0 saturated heterocycles. The smallest absolute Gasteiger partial charge is 0.308 e. The minimum Gasteiger partial charge on any atom is -0.427 e. The molecule has 0 spiro atoms. The molecule has 2 aromatic rings. The van der Waals surface area contributed by atoms with Gasteiger partial charge in [0.05, 0.1) is 5.75 Å². The lowest BCUT2D eigenvalue weighted by molar-refractivity contribution is -0.131. The predicted molar refractivity (Wildman–Crippen MR) is 88.6 cm³/mol. The molecule has 22 heavy (non-hydrogen) atoms. The number of rotatable bonds is 5. The molecule has 0 aliphatic rings. The molecule has 0 unspecified atom stereocenters. The van der Waals surface area contributed by atoms with Crippen molar-refractivity contribution in [3.05, 3.63) is 53.6 Å². The van der Waals surface area contributed by atoms with Crippen molar-refractivity contribution in [3.63, 3.8) is 0 Å². The van der Waals surface area contributed by atoms with E-state index in [-0.39, 0.29) is 11.7 Å². The van der Waals surface area contributed by atoms with Crippen LogP contribution in [0, 0.1) is 0 Å². The second-order valence-corrected chi connectivity index (χ2v) is 5.90. The number of amides is 1. The summed E-state index contributed by atoms with van der Waals surface area (Å²) in [5.74, 6) is 0.136. The van der Waals surface area contributed by atoms with Crippen LogP contribution < -0.4 is 10.1 Å². The summed E-state index contributed by atoms with van der Waals surface area (Å²) >= 11 is 7.22. The molecule has 0 bridgehead atoms. The number of thioether (sulfide) groups is 1. The Hall–Kier alpha value is -1.98. The lowest BCUT2D eigenvalue weighted by Gasteiger charge is -2.07. The summed E-state index contributed by atoms with van der Waals surface area (Å²) < 4.78 is 4.97. The van der Waals surface area contributed by atoms with Crippen LogP contribution in [0.5, 0.6) is 5.75 Å². The van der Waals surface area contributed by atoms with Crippen LogP contribution in [0.4, 0.5) is 5.69 Å². The molecule has 114 valence electrons. The lowest BCUT2D eigenvalue weighted by atomic mass is 10.3. The van der Waals surface area contributed by atoms with Crippen molar-refractivity contribution in [2.75, 3.05) is 11.1 Å². The second-order valence-electron chi connectivity index (χ2n) is 4.41. The number of hydrogen-bond donors (Lipinski definition) is 1. The third-order valence-electron chi connectivity index (χ3n) is 2.56. The fraction of sp³-hybridized carbons (Fsp3) is 0.125. The van der Waals surface area contributed by atoms with Gasteiger partial charge in [-0.15, -0.1) is 11.8 Å². The van der Waals surface area contributed by atoms with Crippen molar-refractivity contribution >= 4 is 40.9 Å². The van der Waals surface area contributed by atoms with E-state index in [2.05, 4.69) is 5.32 Å². The van der Waals surface area contributed by atoms with Gasteiger partial charge >= 0.3 is 5.97 Å². The molecule has 0 atom stereocenters. The van der Waals surface area contributed by atoms with Crippen LogP contribution in [-0.2, 0) is 9.59 Å². The van der Waals surface area contributed by atoms with E-state index in [9.17, 15) is 9.59 Å². The molecule has 0 aliphatic carbocycles. The number of carbonyl (C=O) groups is 2. The summed E-state index contributed by atoms with van der Waals surface area (Å²) in [6, 6.07) is 14.0. The molecule has 0 fully saturated rings. The lowest BCUT2D eigenvalue weighted by Crippen LogP contribution is -2.14. The number of anilines is 1. The number of esters is 1. The van der Waals surface area contributed by atoms with E-state index in [0.29, 0.717) is 16.5 Å². The average Bonchev–Trinajstić information content (AvgIpc) is 2.46. The Morgan fingerprint density at radius 2 is 1.91 bits per heavy atom. The zero-order chi connectivity index (χ0) is 15.9. The number of ether oxygens (including phenoxy) is 1. The number of carbonyl (C=O) groups excluding carboxylic acids is 2. The van der Waals surface area contributed by atoms with Crippen molar-refractivity contribution in [1.82, 2.24) is 0 Å². The fourth-order valence-corrected chi connectivity index (χ4v) is 2.50. The maximum Gasteiger partial charge on any atom is 0.308 e. The number of nitrogens with one attached hydrogen (secondary N) is 1. The summed E-state index contributed by atoms with van der Waals surface area (Å²) in [4.78, 5) is 23.8. The van der Waals surface area contributed by atoms with Crippen molar-refractivity contribution < 1.29 is 14.3 Å². The number of halogens is 1. The van der Waals surface area contributed by atoms with Crippen molar-refractivity contribution in [2.45, 2.75) is 11.8 Å². The highest BCUT2D eigenvalue weighted by atomic mass is 35.5. The SMILES string of the molecule is CC(=O)Oc1cccc(NC(=O)CSc2ccc(Cl)cc2)c1. The molecule has 1 N–H and O–H groups in total. The van der Waals surface area contributed by atoms with Gasteiger partial charge in [-0.1, -0.05) is 17.7 Å². The van der Waals surface area contributed by atoms with Gasteiger partial charge < -0.3 is 10.1 Å². The molecular formula is C16H14ClNO3S. The van der Waals surface area contributed by atoms with Crippen LogP contribution in [-0.4, -0.2) is 17.6 Å². The highest BCUT2D eigenvalue weighted by Crippen LogP contribution is 2.21. The highest BCUT2D eigenvalue weighted by molar-refractivity contribution is 8.00. The van der Waals surface area contributed by atoms with E-state index in [1.54, 1.807) is 36.4 Å². The molecule has 0 saturated carbocycles. The number of benzene rings is 2. The quantitative estimate of drug-likeness (QED) is 0.510. The van der Waals surface area contributed by atoms with Gasteiger partial charge in [-0.05, 0) is 36.4 Å². The van der Waals surface area contributed by atoms with E-state index >= 15 is 0 Å². The normalized spacial score (nSPS) is 10.1. The Morgan fingerprint density at radius 1 is 1.18 bits per heavy atom. The highest BCUT2D eigenvalue weighted by Gasteiger charge is 2.05. The standard InChI is InChI=1S/C16H14ClNO3S/c1-11(19)21-14-4-2-3-13(9-14)18-16(20)10-22-15-7-5-12(17)6-8-15/h2-9H,10H2,1H3,(H,18,20). The maximum absolute atomic E-state index is 11.9. The minimum absolute atomic E-state index is 0.139. The first kappa shape index (κ1) is 16.4. The van der Waals surface area contributed by atoms with Gasteiger partial charge in [0, 0.05) is 28.6 Å². The molecule has 6 heteroatoms. The zero-order valence-corrected chi connectivity index (χ0v) is 13.4. The Labute approximate surface area is 137 Å². The van der Waals surface area contributed by atoms with Gasteiger partial charge in [0.1, 0.15) is 5.75 Å². The zero-order valence-electron chi connectivity index (χ0n) is 11.8. The molecule has 4 nitrogen and oxygen atoms in total. The Bertz CT molecular complexity index is 673. The second kappa shape index (κ2) is 7.87. The molecule has 2 aromatic carbocycles. The first-order chi connectivity index (χ1) is 10.5. The molecular weight excluding hydrogens is 322 g/mol. The number of hydrogen-bond acceptors (Lipinski definition) is 4. The van der Waals surface area contributed by atoms with Gasteiger partial charge in [0.25, 0.3) is 0 Å². The predicted octanol–water partition coefficient (Wildman–Crippen LogP) is 4.00. The van der Waals surface area contributed by atoms with Crippen molar-refractivity contribution in [1.29, 1.82) is 0 Å². The molecule has 0 heterocycles. The van der Waals surface area contributed by atoms with Crippen LogP contribution in [0.3, 0.4) is 0 Å². The summed E-state index contributed by atoms with van der Waals surface area (Å²) in [6.45, 7) is 1.33. The fourth-order valence-electron chi connectivity index (χ4n) is 1.68. The summed E-state index contributed by atoms with van der Waals surface area (Å²) in [5.41, 5.74) is 0.584. The summed E-state index contributed by atoms with van der Waals surface area (Å²) in [7, 11) is 0. The van der Waals surface area contributed by atoms with Gasteiger partial charge in [-0.2, -0.15) is 0 Å². The van der Waals surface area contributed by atoms with Crippen LogP contribution in [0.2, 0.25) is 5.02 Å². The van der Waals surface area contributed by atoms with E-state index in [4.69, 9.17) is 16.3 Å². The average molecular weight is 336 g/mol.